The van der Waals surface area contributed by atoms with Gasteiger partial charge in [0.15, 0.2) is 0 Å². The Labute approximate surface area is 83.3 Å². The van der Waals surface area contributed by atoms with E-state index in [-0.39, 0.29) is 0 Å². The normalized spacial score (nSPS) is 20.9. The van der Waals surface area contributed by atoms with Crippen LogP contribution in [-0.4, -0.2) is 24.7 Å². The second kappa shape index (κ2) is 4.09. The van der Waals surface area contributed by atoms with E-state index in [0.29, 0.717) is 18.5 Å². The summed E-state index contributed by atoms with van der Waals surface area (Å²) < 4.78 is 18.3. The fourth-order valence-electron chi connectivity index (χ4n) is 1.22. The molecule has 0 bridgehead atoms. The zero-order valence-corrected chi connectivity index (χ0v) is 8.82. The van der Waals surface area contributed by atoms with E-state index in [4.69, 9.17) is 4.74 Å². The first-order valence-corrected chi connectivity index (χ1v) is 4.72. The van der Waals surface area contributed by atoms with E-state index in [1.807, 2.05) is 0 Å². The molecule has 14 heavy (non-hydrogen) atoms. The van der Waals surface area contributed by atoms with Gasteiger partial charge in [-0.1, -0.05) is 0 Å². The molecule has 0 amide bonds. The topological polar surface area (TPSA) is 38.3 Å². The molecule has 0 aromatic carbocycles. The molecule has 1 N–H and O–H groups in total. The highest BCUT2D eigenvalue weighted by Crippen LogP contribution is 2.18. The lowest BCUT2D eigenvalue weighted by Gasteiger charge is -2.19. The Hall–Kier alpha value is -0.900. The van der Waals surface area contributed by atoms with Crippen LogP contribution < -0.4 is 5.32 Å². The van der Waals surface area contributed by atoms with E-state index in [9.17, 15) is 9.18 Å². The van der Waals surface area contributed by atoms with Gasteiger partial charge in [0.2, 0.25) is 5.83 Å². The molecule has 1 saturated heterocycles. The quantitative estimate of drug-likeness (QED) is 0.516. The van der Waals surface area contributed by atoms with E-state index in [2.05, 4.69) is 5.32 Å². The maximum Gasteiger partial charge on any atom is 0.367 e. The Morgan fingerprint density at radius 3 is 2.57 bits per heavy atom. The van der Waals surface area contributed by atoms with Crippen molar-refractivity contribution in [2.45, 2.75) is 32.8 Å². The third kappa shape index (κ3) is 3.10. The van der Waals surface area contributed by atoms with Crippen LogP contribution in [0.3, 0.4) is 0 Å². The zero-order valence-electron chi connectivity index (χ0n) is 8.82. The van der Waals surface area contributed by atoms with Gasteiger partial charge in [-0.3, -0.25) is 0 Å². The third-order valence-corrected chi connectivity index (χ3v) is 1.83. The molecule has 80 valence electrons. The molecule has 0 saturated carbocycles. The first-order chi connectivity index (χ1) is 6.40. The van der Waals surface area contributed by atoms with Crippen molar-refractivity contribution in [1.29, 1.82) is 0 Å². The van der Waals surface area contributed by atoms with E-state index in [0.717, 1.165) is 6.54 Å². The van der Waals surface area contributed by atoms with Crippen LogP contribution in [0, 0.1) is 0 Å². The minimum absolute atomic E-state index is 0.449. The summed E-state index contributed by atoms with van der Waals surface area (Å²) in [6, 6.07) is 0. The summed E-state index contributed by atoms with van der Waals surface area (Å²) in [5.74, 6) is -1.58. The summed E-state index contributed by atoms with van der Waals surface area (Å²) in [5.41, 5.74) is -0.125. The Bertz CT molecular complexity index is 258. The Morgan fingerprint density at radius 2 is 2.14 bits per heavy atom. The van der Waals surface area contributed by atoms with Crippen LogP contribution in [0.5, 0.6) is 0 Å². The number of carbonyl (C=O) groups is 1. The highest BCUT2D eigenvalue weighted by molar-refractivity contribution is 5.87. The predicted molar refractivity (Wildman–Crippen MR) is 51.5 cm³/mol. The van der Waals surface area contributed by atoms with Gasteiger partial charge in [0.1, 0.15) is 5.60 Å². The molecule has 0 aromatic heterocycles. The molecular formula is C10H16FNO2. The lowest BCUT2D eigenvalue weighted by atomic mass is 10.2. The second-order valence-corrected chi connectivity index (χ2v) is 4.35. The molecule has 1 rings (SSSR count). The summed E-state index contributed by atoms with van der Waals surface area (Å²) in [6.07, 6.45) is 0.588. The molecular weight excluding hydrogens is 185 g/mol. The van der Waals surface area contributed by atoms with Crippen LogP contribution >= 0.6 is 0 Å². The maximum absolute atomic E-state index is 13.4. The number of esters is 1. The maximum atomic E-state index is 13.4. The van der Waals surface area contributed by atoms with E-state index in [1.54, 1.807) is 20.8 Å². The minimum Gasteiger partial charge on any atom is -0.455 e. The lowest BCUT2D eigenvalue weighted by Crippen LogP contribution is -2.24. The second-order valence-electron chi connectivity index (χ2n) is 4.35. The molecule has 1 fully saturated rings. The number of halogens is 1. The van der Waals surface area contributed by atoms with Crippen LogP contribution in [0.15, 0.2) is 11.4 Å². The molecule has 3 nitrogen and oxygen atoms in total. The minimum atomic E-state index is -0.851. The van der Waals surface area contributed by atoms with Gasteiger partial charge in [0.25, 0.3) is 0 Å². The number of rotatable bonds is 1. The fraction of sp³-hybridized carbons (Fsp3) is 0.700. The SMILES string of the molecule is CC(C)(C)OC(=O)/C(F)=C1/CCNC1. The number of hydrogen-bond acceptors (Lipinski definition) is 3. The molecule has 0 aliphatic carbocycles. The van der Waals surface area contributed by atoms with Gasteiger partial charge in [-0.05, 0) is 39.3 Å². The lowest BCUT2D eigenvalue weighted by molar-refractivity contribution is -0.151. The van der Waals surface area contributed by atoms with Crippen LogP contribution in [0.4, 0.5) is 4.39 Å². The van der Waals surface area contributed by atoms with Crippen molar-refractivity contribution in [1.82, 2.24) is 5.32 Å². The Kier molecular flexibility index (Phi) is 3.26. The zero-order chi connectivity index (χ0) is 10.8. The molecule has 0 radical (unpaired) electrons. The van der Waals surface area contributed by atoms with Crippen molar-refractivity contribution >= 4 is 5.97 Å². The Balaban J connectivity index is 2.65. The van der Waals surface area contributed by atoms with E-state index < -0.39 is 17.4 Å². The predicted octanol–water partition coefficient (Wildman–Crippen LogP) is 1.54. The molecule has 0 unspecified atom stereocenters. The van der Waals surface area contributed by atoms with Crippen LogP contribution in [-0.2, 0) is 9.53 Å². The van der Waals surface area contributed by atoms with Crippen molar-refractivity contribution in [2.24, 2.45) is 0 Å². The van der Waals surface area contributed by atoms with E-state index in [1.165, 1.54) is 0 Å². The summed E-state index contributed by atoms with van der Waals surface area (Å²) in [5, 5.41) is 2.97. The summed E-state index contributed by atoms with van der Waals surface area (Å²) in [6.45, 7) is 6.33. The van der Waals surface area contributed by atoms with Crippen molar-refractivity contribution in [2.75, 3.05) is 13.1 Å². The number of hydrogen-bond donors (Lipinski definition) is 1. The standard InChI is InChI=1S/C10H16FNO2/c1-10(2,3)14-9(13)8(11)7-4-5-12-6-7/h12H,4-6H2,1-3H3/b8-7+. The average Bonchev–Trinajstić information content (AvgIpc) is 2.51. The van der Waals surface area contributed by atoms with Crippen LogP contribution in [0.2, 0.25) is 0 Å². The van der Waals surface area contributed by atoms with Gasteiger partial charge in [-0.25, -0.2) is 4.79 Å². The third-order valence-electron chi connectivity index (χ3n) is 1.83. The molecule has 0 spiro atoms. The molecule has 4 heteroatoms. The molecule has 1 heterocycles. The number of carbonyl (C=O) groups excluding carboxylic acids is 1. The van der Waals surface area contributed by atoms with Crippen molar-refractivity contribution in [3.63, 3.8) is 0 Å². The van der Waals surface area contributed by atoms with Gasteiger partial charge in [0.05, 0.1) is 0 Å². The first-order valence-electron chi connectivity index (χ1n) is 4.72. The van der Waals surface area contributed by atoms with Crippen molar-refractivity contribution < 1.29 is 13.9 Å². The highest BCUT2D eigenvalue weighted by atomic mass is 19.1. The first kappa shape index (κ1) is 11.2. The number of nitrogens with one attached hydrogen (secondary N) is 1. The highest BCUT2D eigenvalue weighted by Gasteiger charge is 2.24. The van der Waals surface area contributed by atoms with Gasteiger partial charge in [0, 0.05) is 6.54 Å². The van der Waals surface area contributed by atoms with Gasteiger partial charge < -0.3 is 10.1 Å². The summed E-state index contributed by atoms with van der Waals surface area (Å²) in [4.78, 5) is 11.3. The van der Waals surface area contributed by atoms with Gasteiger partial charge in [-0.2, -0.15) is 4.39 Å². The summed E-state index contributed by atoms with van der Waals surface area (Å²) >= 11 is 0. The van der Waals surface area contributed by atoms with Crippen LogP contribution in [0.1, 0.15) is 27.2 Å². The Morgan fingerprint density at radius 1 is 1.50 bits per heavy atom. The monoisotopic (exact) mass is 201 g/mol. The molecule has 1 aliphatic rings. The van der Waals surface area contributed by atoms with E-state index >= 15 is 0 Å². The number of ether oxygens (including phenoxy) is 1. The largest absolute Gasteiger partial charge is 0.455 e. The van der Waals surface area contributed by atoms with Crippen LogP contribution in [0.25, 0.3) is 0 Å². The van der Waals surface area contributed by atoms with Gasteiger partial charge >= 0.3 is 5.97 Å². The molecule has 0 aromatic rings. The smallest absolute Gasteiger partial charge is 0.367 e. The fourth-order valence-corrected chi connectivity index (χ4v) is 1.22. The van der Waals surface area contributed by atoms with Gasteiger partial charge in [-0.15, -0.1) is 0 Å². The van der Waals surface area contributed by atoms with Crippen molar-refractivity contribution in [3.8, 4) is 0 Å². The molecule has 1 aliphatic heterocycles. The van der Waals surface area contributed by atoms with Crippen molar-refractivity contribution in [3.05, 3.63) is 11.4 Å². The average molecular weight is 201 g/mol. The molecule has 0 atom stereocenters. The summed E-state index contributed by atoms with van der Waals surface area (Å²) in [7, 11) is 0.